The minimum atomic E-state index is 0.424. The number of aromatic nitrogens is 2. The van der Waals surface area contributed by atoms with Gasteiger partial charge in [-0.05, 0) is 36.6 Å². The molecule has 1 fully saturated rings. The Labute approximate surface area is 153 Å². The van der Waals surface area contributed by atoms with Gasteiger partial charge >= 0.3 is 0 Å². The summed E-state index contributed by atoms with van der Waals surface area (Å²) in [7, 11) is 1.77. The summed E-state index contributed by atoms with van der Waals surface area (Å²) in [5, 5.41) is 2.56. The zero-order valence-corrected chi connectivity index (χ0v) is 15.3. The van der Waals surface area contributed by atoms with Crippen LogP contribution >= 0.6 is 0 Å². The van der Waals surface area contributed by atoms with Crippen molar-refractivity contribution >= 4 is 10.8 Å². The van der Waals surface area contributed by atoms with Gasteiger partial charge in [-0.3, -0.25) is 4.90 Å². The number of ether oxygens (including phenoxy) is 1. The summed E-state index contributed by atoms with van der Waals surface area (Å²) in [6.45, 7) is 2.89. The summed E-state index contributed by atoms with van der Waals surface area (Å²) in [5.74, 6) is 1.86. The second kappa shape index (κ2) is 6.06. The maximum absolute atomic E-state index is 5.72. The first-order chi connectivity index (χ1) is 12.7. The minimum Gasteiger partial charge on any atom is -0.496 e. The van der Waals surface area contributed by atoms with Gasteiger partial charge in [0.2, 0.25) is 0 Å². The molecule has 2 aliphatic heterocycles. The van der Waals surface area contributed by atoms with Crippen LogP contribution in [0, 0.1) is 6.92 Å². The van der Waals surface area contributed by atoms with Crippen LogP contribution in [0.4, 0.5) is 0 Å². The molecule has 2 aliphatic rings. The summed E-state index contributed by atoms with van der Waals surface area (Å²) in [4.78, 5) is 11.8. The Morgan fingerprint density at radius 1 is 1.15 bits per heavy atom. The Morgan fingerprint density at radius 2 is 2.04 bits per heavy atom. The summed E-state index contributed by atoms with van der Waals surface area (Å²) >= 11 is 0. The second-order valence-corrected chi connectivity index (χ2v) is 7.41. The van der Waals surface area contributed by atoms with Gasteiger partial charge in [0, 0.05) is 42.4 Å². The molecule has 4 heteroatoms. The van der Waals surface area contributed by atoms with Gasteiger partial charge in [0.05, 0.1) is 12.8 Å². The summed E-state index contributed by atoms with van der Waals surface area (Å²) < 4.78 is 5.72. The van der Waals surface area contributed by atoms with E-state index in [-0.39, 0.29) is 0 Å². The van der Waals surface area contributed by atoms with Crippen LogP contribution in [0.3, 0.4) is 0 Å². The van der Waals surface area contributed by atoms with Gasteiger partial charge in [0.25, 0.3) is 0 Å². The lowest BCUT2D eigenvalue weighted by Crippen LogP contribution is -2.37. The first kappa shape index (κ1) is 15.8. The van der Waals surface area contributed by atoms with Crippen molar-refractivity contribution in [2.45, 2.75) is 44.8 Å². The molecule has 0 radical (unpaired) electrons. The Morgan fingerprint density at radius 3 is 2.92 bits per heavy atom. The average Bonchev–Trinajstić information content (AvgIpc) is 2.94. The third-order valence-corrected chi connectivity index (χ3v) is 6.01. The largest absolute Gasteiger partial charge is 0.496 e. The zero-order valence-electron chi connectivity index (χ0n) is 15.3. The van der Waals surface area contributed by atoms with Crippen LogP contribution in [0.15, 0.2) is 42.6 Å². The number of rotatable bonds is 3. The van der Waals surface area contributed by atoms with E-state index in [1.54, 1.807) is 7.11 Å². The quantitative estimate of drug-likeness (QED) is 0.713. The van der Waals surface area contributed by atoms with Crippen molar-refractivity contribution in [3.63, 3.8) is 0 Å². The first-order valence-corrected chi connectivity index (χ1v) is 9.37. The lowest BCUT2D eigenvalue weighted by atomic mass is 9.96. The number of benzene rings is 2. The van der Waals surface area contributed by atoms with Gasteiger partial charge in [-0.2, -0.15) is 0 Å². The summed E-state index contributed by atoms with van der Waals surface area (Å²) in [6, 6.07) is 13.8. The van der Waals surface area contributed by atoms with Gasteiger partial charge in [0.15, 0.2) is 0 Å². The van der Waals surface area contributed by atoms with Gasteiger partial charge in [-0.25, -0.2) is 9.97 Å². The van der Waals surface area contributed by atoms with Crippen LogP contribution in [0.1, 0.15) is 41.5 Å². The van der Waals surface area contributed by atoms with Crippen LogP contribution in [0.5, 0.6) is 5.75 Å². The molecule has 0 unspecified atom stereocenters. The molecule has 132 valence electrons. The molecule has 0 aliphatic carbocycles. The van der Waals surface area contributed by atoms with E-state index in [1.807, 2.05) is 6.92 Å². The fourth-order valence-electron chi connectivity index (χ4n) is 4.77. The SMILES string of the molecule is COc1ccc2ccccc2c1CN1[C@@H]2CC[C@H]1c1cnc(C)nc1C2. The smallest absolute Gasteiger partial charge is 0.125 e. The molecular formula is C22H23N3O. The van der Waals surface area contributed by atoms with Crippen molar-refractivity contribution in [3.8, 4) is 5.75 Å². The predicted molar refractivity (Wildman–Crippen MR) is 102 cm³/mol. The van der Waals surface area contributed by atoms with E-state index in [1.165, 1.54) is 40.4 Å². The van der Waals surface area contributed by atoms with Crippen molar-refractivity contribution in [1.29, 1.82) is 0 Å². The first-order valence-electron chi connectivity index (χ1n) is 9.37. The van der Waals surface area contributed by atoms with Crippen molar-refractivity contribution in [1.82, 2.24) is 14.9 Å². The highest BCUT2D eigenvalue weighted by Crippen LogP contribution is 2.45. The Hall–Kier alpha value is -2.46. The van der Waals surface area contributed by atoms with Gasteiger partial charge < -0.3 is 4.74 Å². The maximum atomic E-state index is 5.72. The molecule has 2 atom stereocenters. The third kappa shape index (κ3) is 2.40. The van der Waals surface area contributed by atoms with Gasteiger partial charge in [0.1, 0.15) is 11.6 Å². The van der Waals surface area contributed by atoms with Crippen LogP contribution < -0.4 is 4.74 Å². The Bertz CT molecular complexity index is 984. The van der Waals surface area contributed by atoms with E-state index in [2.05, 4.69) is 52.5 Å². The van der Waals surface area contributed by atoms with E-state index in [4.69, 9.17) is 9.72 Å². The highest BCUT2D eigenvalue weighted by atomic mass is 16.5. The number of aryl methyl sites for hydroxylation is 1. The maximum Gasteiger partial charge on any atom is 0.125 e. The van der Waals surface area contributed by atoms with E-state index in [0.717, 1.165) is 24.5 Å². The lowest BCUT2D eigenvalue weighted by Gasteiger charge is -2.36. The van der Waals surface area contributed by atoms with Crippen molar-refractivity contribution < 1.29 is 4.74 Å². The predicted octanol–water partition coefficient (Wildman–Crippen LogP) is 4.21. The molecule has 0 spiro atoms. The topological polar surface area (TPSA) is 38.2 Å². The van der Waals surface area contributed by atoms with Crippen molar-refractivity contribution in [2.75, 3.05) is 7.11 Å². The van der Waals surface area contributed by atoms with E-state index < -0.39 is 0 Å². The monoisotopic (exact) mass is 345 g/mol. The number of nitrogens with zero attached hydrogens (tertiary/aromatic N) is 3. The molecule has 2 aromatic carbocycles. The average molecular weight is 345 g/mol. The molecule has 3 aromatic rings. The molecule has 0 saturated carbocycles. The van der Waals surface area contributed by atoms with Crippen LogP contribution in [0.2, 0.25) is 0 Å². The molecule has 4 nitrogen and oxygen atoms in total. The lowest BCUT2D eigenvalue weighted by molar-refractivity contribution is 0.165. The summed E-state index contributed by atoms with van der Waals surface area (Å²) in [5.41, 5.74) is 3.87. The fraction of sp³-hybridized carbons (Fsp3) is 0.364. The zero-order chi connectivity index (χ0) is 17.7. The molecule has 26 heavy (non-hydrogen) atoms. The second-order valence-electron chi connectivity index (χ2n) is 7.41. The van der Waals surface area contributed by atoms with Crippen LogP contribution in [-0.4, -0.2) is 28.0 Å². The number of fused-ring (bicyclic) bond motifs is 5. The van der Waals surface area contributed by atoms with Crippen LogP contribution in [-0.2, 0) is 13.0 Å². The molecule has 3 heterocycles. The molecule has 1 aromatic heterocycles. The van der Waals surface area contributed by atoms with Crippen molar-refractivity contribution in [3.05, 3.63) is 65.2 Å². The Kier molecular flexibility index (Phi) is 3.68. The van der Waals surface area contributed by atoms with Crippen LogP contribution in [0.25, 0.3) is 10.8 Å². The molecule has 5 rings (SSSR count). The van der Waals surface area contributed by atoms with E-state index >= 15 is 0 Å². The molecule has 2 bridgehead atoms. The Balaban J connectivity index is 1.57. The standard InChI is InChI=1S/C22H23N3O/c1-14-23-12-18-20(24-14)11-16-8-9-21(18)25(16)13-19-17-6-4-3-5-15(17)7-10-22(19)26-2/h3-7,10,12,16,21H,8-9,11,13H2,1-2H3/t16-,21+/m1/s1. The molecular weight excluding hydrogens is 322 g/mol. The molecule has 1 saturated heterocycles. The van der Waals surface area contributed by atoms with Crippen molar-refractivity contribution in [2.24, 2.45) is 0 Å². The highest BCUT2D eigenvalue weighted by molar-refractivity contribution is 5.87. The van der Waals surface area contributed by atoms with E-state index in [0.29, 0.717) is 12.1 Å². The van der Waals surface area contributed by atoms with E-state index in [9.17, 15) is 0 Å². The number of methoxy groups -OCH3 is 1. The number of hydrogen-bond donors (Lipinski definition) is 0. The number of hydrogen-bond acceptors (Lipinski definition) is 4. The van der Waals surface area contributed by atoms with Gasteiger partial charge in [-0.15, -0.1) is 0 Å². The fourth-order valence-corrected chi connectivity index (χ4v) is 4.77. The third-order valence-electron chi connectivity index (χ3n) is 6.01. The molecule has 0 N–H and O–H groups in total. The minimum absolute atomic E-state index is 0.424. The normalized spacial score (nSPS) is 21.8. The molecule has 0 amide bonds. The highest BCUT2D eigenvalue weighted by Gasteiger charge is 2.41. The summed E-state index contributed by atoms with van der Waals surface area (Å²) in [6.07, 6.45) is 5.50. The van der Waals surface area contributed by atoms with Gasteiger partial charge in [-0.1, -0.05) is 30.3 Å².